The summed E-state index contributed by atoms with van der Waals surface area (Å²) in [4.78, 5) is 26.0. The van der Waals surface area contributed by atoms with Crippen LogP contribution in [0.25, 0.3) is 0 Å². The maximum absolute atomic E-state index is 12.1. The molecule has 1 N–H and O–H groups in total. The molecule has 1 heterocycles. The highest BCUT2D eigenvalue weighted by atomic mass is 35.5. The van der Waals surface area contributed by atoms with Gasteiger partial charge in [-0.2, -0.15) is 0 Å². The Hall–Kier alpha value is -2.33. The largest absolute Gasteiger partial charge is 0.351 e. The number of nitrogens with zero attached hydrogens (tertiary/aromatic N) is 1. The minimum absolute atomic E-state index is 0.0317. The number of benzene rings is 2. The topological polar surface area (TPSA) is 49.4 Å². The number of para-hydroxylation sites is 1. The molecule has 0 spiro atoms. The third kappa shape index (κ3) is 3.90. The van der Waals surface area contributed by atoms with Gasteiger partial charge in [-0.05, 0) is 29.8 Å². The molecule has 1 aliphatic rings. The van der Waals surface area contributed by atoms with E-state index in [0.29, 0.717) is 18.0 Å². The van der Waals surface area contributed by atoms with Crippen molar-refractivity contribution in [3.05, 3.63) is 65.2 Å². The number of carbonyl (C=O) groups is 2. The number of carbonyl (C=O) groups excluding carboxylic acids is 2. The maximum Gasteiger partial charge on any atom is 0.229 e. The second-order valence-corrected chi connectivity index (χ2v) is 6.05. The van der Waals surface area contributed by atoms with Crippen LogP contribution in [0.1, 0.15) is 12.0 Å². The number of halogens is 1. The first kappa shape index (κ1) is 15.6. The summed E-state index contributed by atoms with van der Waals surface area (Å²) in [5, 5.41) is 3.55. The number of hydrogen-bond acceptors (Lipinski definition) is 2. The zero-order valence-electron chi connectivity index (χ0n) is 12.5. The van der Waals surface area contributed by atoms with Crippen LogP contribution in [0.5, 0.6) is 0 Å². The number of amides is 2. The van der Waals surface area contributed by atoms with Gasteiger partial charge in [-0.1, -0.05) is 41.9 Å². The van der Waals surface area contributed by atoms with Gasteiger partial charge in [-0.15, -0.1) is 0 Å². The Balaban J connectivity index is 1.59. The SMILES string of the molecule is O=C(Cc1cccc(Cl)c1)NC1CC(=O)N(c2ccccc2)C1. The van der Waals surface area contributed by atoms with Gasteiger partial charge in [0.05, 0.1) is 12.5 Å². The average Bonchev–Trinajstić information content (AvgIpc) is 2.88. The highest BCUT2D eigenvalue weighted by Crippen LogP contribution is 2.21. The van der Waals surface area contributed by atoms with E-state index in [-0.39, 0.29) is 24.3 Å². The molecule has 5 heteroatoms. The summed E-state index contributed by atoms with van der Waals surface area (Å²) in [6.07, 6.45) is 0.590. The Labute approximate surface area is 140 Å². The highest BCUT2D eigenvalue weighted by molar-refractivity contribution is 6.30. The van der Waals surface area contributed by atoms with Crippen molar-refractivity contribution in [2.24, 2.45) is 0 Å². The van der Waals surface area contributed by atoms with Crippen molar-refractivity contribution in [1.29, 1.82) is 0 Å². The summed E-state index contributed by atoms with van der Waals surface area (Å²) in [6.45, 7) is 0.504. The van der Waals surface area contributed by atoms with E-state index in [4.69, 9.17) is 11.6 Å². The molecule has 2 aromatic rings. The van der Waals surface area contributed by atoms with Crippen molar-refractivity contribution in [2.75, 3.05) is 11.4 Å². The van der Waals surface area contributed by atoms with Crippen LogP contribution in [0.3, 0.4) is 0 Å². The average molecular weight is 329 g/mol. The molecular weight excluding hydrogens is 312 g/mol. The summed E-state index contributed by atoms with van der Waals surface area (Å²) in [6, 6.07) is 16.6. The molecule has 1 fully saturated rings. The van der Waals surface area contributed by atoms with E-state index < -0.39 is 0 Å². The minimum atomic E-state index is -0.158. The van der Waals surface area contributed by atoms with E-state index >= 15 is 0 Å². The van der Waals surface area contributed by atoms with Crippen molar-refractivity contribution in [3.63, 3.8) is 0 Å². The second kappa shape index (κ2) is 6.84. The van der Waals surface area contributed by atoms with Gasteiger partial charge in [0.15, 0.2) is 0 Å². The highest BCUT2D eigenvalue weighted by Gasteiger charge is 2.31. The fourth-order valence-electron chi connectivity index (χ4n) is 2.77. The van der Waals surface area contributed by atoms with Gasteiger partial charge in [0.25, 0.3) is 0 Å². The molecule has 1 unspecified atom stereocenters. The smallest absolute Gasteiger partial charge is 0.229 e. The zero-order valence-corrected chi connectivity index (χ0v) is 13.3. The third-order valence-electron chi connectivity index (χ3n) is 3.81. The van der Waals surface area contributed by atoms with Gasteiger partial charge in [0.2, 0.25) is 11.8 Å². The third-order valence-corrected chi connectivity index (χ3v) is 4.05. The van der Waals surface area contributed by atoms with Crippen LogP contribution in [0.4, 0.5) is 5.69 Å². The van der Waals surface area contributed by atoms with Gasteiger partial charge in [-0.25, -0.2) is 0 Å². The molecule has 1 saturated heterocycles. The predicted molar refractivity (Wildman–Crippen MR) is 90.5 cm³/mol. The Morgan fingerprint density at radius 1 is 1.17 bits per heavy atom. The lowest BCUT2D eigenvalue weighted by atomic mass is 10.1. The Morgan fingerprint density at radius 2 is 1.96 bits per heavy atom. The molecule has 0 aliphatic carbocycles. The maximum atomic E-state index is 12.1. The summed E-state index contributed by atoms with van der Waals surface area (Å²) in [5.74, 6) is -0.0655. The van der Waals surface area contributed by atoms with Crippen molar-refractivity contribution < 1.29 is 9.59 Å². The molecule has 0 radical (unpaired) electrons. The van der Waals surface area contributed by atoms with E-state index in [2.05, 4.69) is 5.32 Å². The molecule has 1 aliphatic heterocycles. The van der Waals surface area contributed by atoms with Gasteiger partial charge in [0, 0.05) is 23.7 Å². The van der Waals surface area contributed by atoms with Crippen molar-refractivity contribution in [2.45, 2.75) is 18.9 Å². The normalized spacial score (nSPS) is 17.3. The quantitative estimate of drug-likeness (QED) is 0.938. The zero-order chi connectivity index (χ0) is 16.2. The van der Waals surface area contributed by atoms with Gasteiger partial charge in [0.1, 0.15) is 0 Å². The fraction of sp³-hybridized carbons (Fsp3) is 0.222. The lowest BCUT2D eigenvalue weighted by molar-refractivity contribution is -0.121. The summed E-state index contributed by atoms with van der Waals surface area (Å²) < 4.78 is 0. The molecule has 4 nitrogen and oxygen atoms in total. The van der Waals surface area contributed by atoms with Crippen LogP contribution < -0.4 is 10.2 Å². The van der Waals surface area contributed by atoms with E-state index in [1.54, 1.807) is 17.0 Å². The summed E-state index contributed by atoms with van der Waals surface area (Å²) in [5.41, 5.74) is 1.73. The van der Waals surface area contributed by atoms with Gasteiger partial charge < -0.3 is 10.2 Å². The molecule has 0 saturated carbocycles. The molecule has 0 aromatic heterocycles. The molecule has 1 atom stereocenters. The summed E-state index contributed by atoms with van der Waals surface area (Å²) >= 11 is 5.92. The minimum Gasteiger partial charge on any atom is -0.351 e. The van der Waals surface area contributed by atoms with Crippen molar-refractivity contribution in [1.82, 2.24) is 5.32 Å². The summed E-state index contributed by atoms with van der Waals surface area (Å²) in [7, 11) is 0. The first-order valence-electron chi connectivity index (χ1n) is 7.51. The molecule has 0 bridgehead atoms. The van der Waals surface area contributed by atoms with E-state index in [9.17, 15) is 9.59 Å². The van der Waals surface area contributed by atoms with E-state index in [0.717, 1.165) is 11.3 Å². The molecule has 3 rings (SSSR count). The number of anilines is 1. The first-order chi connectivity index (χ1) is 11.1. The Kier molecular flexibility index (Phi) is 4.63. The van der Waals surface area contributed by atoms with Crippen LogP contribution in [0.2, 0.25) is 5.02 Å². The lowest BCUT2D eigenvalue weighted by Gasteiger charge is -2.17. The monoisotopic (exact) mass is 328 g/mol. The van der Waals surface area contributed by atoms with Gasteiger partial charge in [-0.3, -0.25) is 9.59 Å². The van der Waals surface area contributed by atoms with Crippen LogP contribution in [0, 0.1) is 0 Å². The predicted octanol–water partition coefficient (Wildman–Crippen LogP) is 2.80. The molecule has 2 amide bonds. The van der Waals surface area contributed by atoms with Crippen LogP contribution >= 0.6 is 11.6 Å². The van der Waals surface area contributed by atoms with Crippen LogP contribution in [-0.2, 0) is 16.0 Å². The van der Waals surface area contributed by atoms with E-state index in [1.165, 1.54) is 0 Å². The van der Waals surface area contributed by atoms with Crippen LogP contribution in [0.15, 0.2) is 54.6 Å². The standard InChI is InChI=1S/C18H17ClN2O2/c19-14-6-4-5-13(9-14)10-17(22)20-15-11-18(23)21(12-15)16-7-2-1-3-8-16/h1-9,15H,10-12H2,(H,20,22). The van der Waals surface area contributed by atoms with Crippen molar-refractivity contribution >= 4 is 29.1 Å². The fourth-order valence-corrected chi connectivity index (χ4v) is 2.99. The lowest BCUT2D eigenvalue weighted by Crippen LogP contribution is -2.38. The molecule has 23 heavy (non-hydrogen) atoms. The number of nitrogens with one attached hydrogen (secondary N) is 1. The number of hydrogen-bond donors (Lipinski definition) is 1. The molecule has 2 aromatic carbocycles. The first-order valence-corrected chi connectivity index (χ1v) is 7.89. The molecular formula is C18H17ClN2O2. The van der Waals surface area contributed by atoms with Gasteiger partial charge >= 0.3 is 0 Å². The van der Waals surface area contributed by atoms with Crippen LogP contribution in [-0.4, -0.2) is 24.4 Å². The van der Waals surface area contributed by atoms with E-state index in [1.807, 2.05) is 42.5 Å². The van der Waals surface area contributed by atoms with Crippen molar-refractivity contribution in [3.8, 4) is 0 Å². The Bertz CT molecular complexity index is 718. The molecule has 118 valence electrons. The second-order valence-electron chi connectivity index (χ2n) is 5.62. The Morgan fingerprint density at radius 3 is 2.70 bits per heavy atom. The number of rotatable bonds is 4.